The number of nitrogens with zero attached hydrogens (tertiary/aromatic N) is 1. The Labute approximate surface area is 80.8 Å². The van der Waals surface area contributed by atoms with Crippen LogP contribution in [0.1, 0.15) is 5.56 Å². The van der Waals surface area contributed by atoms with Gasteiger partial charge in [-0.1, -0.05) is 12.1 Å². The Hall–Kier alpha value is -1.49. The van der Waals surface area contributed by atoms with Gasteiger partial charge in [0.1, 0.15) is 4.90 Å². The molecule has 1 N–H and O–H groups in total. The first-order valence-electron chi connectivity index (χ1n) is 3.62. The minimum absolute atomic E-state index is 0.109. The van der Waals surface area contributed by atoms with Crippen LogP contribution in [0.2, 0.25) is 0 Å². The number of hydrogen-bond acceptors (Lipinski definition) is 4. The fourth-order valence-electron chi connectivity index (χ4n) is 1.11. The molecule has 0 fully saturated rings. The minimum atomic E-state index is -4.36. The van der Waals surface area contributed by atoms with Crippen molar-refractivity contribution in [3.8, 4) is 0 Å². The molecular formula is C8H7NO4S. The van der Waals surface area contributed by atoms with Crippen LogP contribution in [0.25, 0.3) is 0 Å². The van der Waals surface area contributed by atoms with Gasteiger partial charge in [0.15, 0.2) is 0 Å². The van der Waals surface area contributed by atoms with Gasteiger partial charge in [-0.05, 0) is 18.6 Å². The lowest BCUT2D eigenvalue weighted by molar-refractivity contribution is 0.483. The lowest BCUT2D eigenvalue weighted by Gasteiger charge is -2.03. The predicted octanol–water partition coefficient (Wildman–Crippen LogP) is 1.21. The van der Waals surface area contributed by atoms with Crippen molar-refractivity contribution in [2.75, 3.05) is 0 Å². The van der Waals surface area contributed by atoms with Gasteiger partial charge in [-0.2, -0.15) is 13.4 Å². The number of benzene rings is 1. The summed E-state index contributed by atoms with van der Waals surface area (Å²) in [4.78, 5) is 12.8. The highest BCUT2D eigenvalue weighted by Gasteiger charge is 2.17. The molecule has 0 spiro atoms. The van der Waals surface area contributed by atoms with Gasteiger partial charge in [-0.15, -0.1) is 0 Å². The maximum Gasteiger partial charge on any atom is 0.296 e. The molecule has 0 aliphatic rings. The Bertz CT molecular complexity index is 500. The van der Waals surface area contributed by atoms with Gasteiger partial charge >= 0.3 is 0 Å². The fourth-order valence-corrected chi connectivity index (χ4v) is 1.96. The first-order chi connectivity index (χ1) is 6.46. The van der Waals surface area contributed by atoms with E-state index < -0.39 is 10.1 Å². The molecule has 0 atom stereocenters. The van der Waals surface area contributed by atoms with E-state index in [-0.39, 0.29) is 10.6 Å². The summed E-state index contributed by atoms with van der Waals surface area (Å²) in [5, 5.41) is 0. The molecule has 0 heterocycles. The van der Waals surface area contributed by atoms with Crippen molar-refractivity contribution in [3.63, 3.8) is 0 Å². The van der Waals surface area contributed by atoms with Gasteiger partial charge < -0.3 is 0 Å². The van der Waals surface area contributed by atoms with E-state index in [9.17, 15) is 13.2 Å². The molecule has 14 heavy (non-hydrogen) atoms. The average molecular weight is 213 g/mol. The van der Waals surface area contributed by atoms with Gasteiger partial charge in [0.2, 0.25) is 6.08 Å². The third-order valence-corrected chi connectivity index (χ3v) is 2.66. The summed E-state index contributed by atoms with van der Waals surface area (Å²) in [6, 6.07) is 4.33. The summed E-state index contributed by atoms with van der Waals surface area (Å²) in [6.45, 7) is 1.49. The van der Waals surface area contributed by atoms with Crippen molar-refractivity contribution in [1.29, 1.82) is 0 Å². The first kappa shape index (κ1) is 10.6. The van der Waals surface area contributed by atoms with E-state index in [0.29, 0.717) is 5.56 Å². The monoisotopic (exact) mass is 213 g/mol. The Morgan fingerprint density at radius 3 is 2.57 bits per heavy atom. The van der Waals surface area contributed by atoms with Crippen LogP contribution in [0.5, 0.6) is 0 Å². The smallest absolute Gasteiger partial charge is 0.282 e. The third-order valence-electron chi connectivity index (χ3n) is 1.62. The Kier molecular flexibility index (Phi) is 2.81. The van der Waals surface area contributed by atoms with Gasteiger partial charge in [-0.25, -0.2) is 4.79 Å². The Morgan fingerprint density at radius 2 is 2.07 bits per heavy atom. The third kappa shape index (κ3) is 2.05. The molecule has 0 bridgehead atoms. The van der Waals surface area contributed by atoms with E-state index in [1.807, 2.05) is 0 Å². The first-order valence-corrected chi connectivity index (χ1v) is 5.06. The molecule has 0 aliphatic carbocycles. The lowest BCUT2D eigenvalue weighted by Crippen LogP contribution is -2.01. The molecule has 1 aromatic rings. The van der Waals surface area contributed by atoms with E-state index in [2.05, 4.69) is 4.99 Å². The summed E-state index contributed by atoms with van der Waals surface area (Å²) in [5.74, 6) is 0. The minimum Gasteiger partial charge on any atom is -0.282 e. The molecule has 0 radical (unpaired) electrons. The van der Waals surface area contributed by atoms with E-state index in [1.165, 1.54) is 31.2 Å². The van der Waals surface area contributed by atoms with Crippen LogP contribution in [-0.2, 0) is 14.9 Å². The number of aliphatic imine (C=N–C) groups is 1. The molecular weight excluding hydrogens is 206 g/mol. The van der Waals surface area contributed by atoms with E-state index in [4.69, 9.17) is 4.55 Å². The summed E-state index contributed by atoms with van der Waals surface area (Å²) in [6.07, 6.45) is 1.22. The second-order valence-corrected chi connectivity index (χ2v) is 3.96. The summed E-state index contributed by atoms with van der Waals surface area (Å²) >= 11 is 0. The van der Waals surface area contributed by atoms with Crippen LogP contribution in [0.15, 0.2) is 28.1 Å². The van der Waals surface area contributed by atoms with Gasteiger partial charge in [0, 0.05) is 0 Å². The zero-order chi connectivity index (χ0) is 10.8. The lowest BCUT2D eigenvalue weighted by atomic mass is 10.2. The molecule has 0 aliphatic heterocycles. The summed E-state index contributed by atoms with van der Waals surface area (Å²) in [7, 11) is -4.36. The largest absolute Gasteiger partial charge is 0.296 e. The Morgan fingerprint density at radius 1 is 1.43 bits per heavy atom. The zero-order valence-electron chi connectivity index (χ0n) is 7.26. The molecule has 0 unspecified atom stereocenters. The molecule has 0 aromatic heterocycles. The molecule has 1 rings (SSSR count). The molecule has 0 saturated carbocycles. The second kappa shape index (κ2) is 3.71. The van der Waals surface area contributed by atoms with Crippen LogP contribution >= 0.6 is 0 Å². The van der Waals surface area contributed by atoms with Crippen LogP contribution in [0.3, 0.4) is 0 Å². The summed E-state index contributed by atoms with van der Waals surface area (Å²) in [5.41, 5.74) is 0.214. The quantitative estimate of drug-likeness (QED) is 0.454. The standard InChI is InChI=1S/C8H7NO4S/c1-6-3-2-4-7(9-5-10)8(6)14(11,12)13/h2-4H,1H3,(H,11,12,13). The molecule has 0 saturated heterocycles. The van der Waals surface area contributed by atoms with E-state index in [0.717, 1.165) is 0 Å². The SMILES string of the molecule is Cc1cccc(N=C=O)c1S(=O)(=O)O. The molecule has 0 amide bonds. The maximum atomic E-state index is 10.9. The van der Waals surface area contributed by atoms with Crippen molar-refractivity contribution in [2.24, 2.45) is 4.99 Å². The highest BCUT2D eigenvalue weighted by molar-refractivity contribution is 7.86. The van der Waals surface area contributed by atoms with E-state index in [1.54, 1.807) is 0 Å². The second-order valence-electron chi connectivity index (χ2n) is 2.60. The number of rotatable bonds is 2. The number of carbonyl (C=O) groups excluding carboxylic acids is 1. The van der Waals surface area contributed by atoms with E-state index >= 15 is 0 Å². The summed E-state index contributed by atoms with van der Waals surface area (Å²) < 4.78 is 30.7. The van der Waals surface area contributed by atoms with Crippen molar-refractivity contribution >= 4 is 21.9 Å². The van der Waals surface area contributed by atoms with Gasteiger partial charge in [0.25, 0.3) is 10.1 Å². The molecule has 1 aromatic carbocycles. The van der Waals surface area contributed by atoms with Gasteiger partial charge in [-0.3, -0.25) is 4.55 Å². The van der Waals surface area contributed by atoms with Crippen molar-refractivity contribution in [3.05, 3.63) is 23.8 Å². The topological polar surface area (TPSA) is 83.8 Å². The van der Waals surface area contributed by atoms with Crippen LogP contribution < -0.4 is 0 Å². The fraction of sp³-hybridized carbons (Fsp3) is 0.125. The van der Waals surface area contributed by atoms with Crippen molar-refractivity contribution in [2.45, 2.75) is 11.8 Å². The molecule has 5 nitrogen and oxygen atoms in total. The van der Waals surface area contributed by atoms with Crippen molar-refractivity contribution < 1.29 is 17.8 Å². The van der Waals surface area contributed by atoms with Crippen LogP contribution in [-0.4, -0.2) is 19.1 Å². The molecule has 74 valence electrons. The number of hydrogen-bond donors (Lipinski definition) is 1. The predicted molar refractivity (Wildman–Crippen MR) is 48.8 cm³/mol. The number of isocyanates is 1. The number of aryl methyl sites for hydroxylation is 1. The Balaban J connectivity index is 3.61. The van der Waals surface area contributed by atoms with Crippen LogP contribution in [0, 0.1) is 6.92 Å². The van der Waals surface area contributed by atoms with Crippen LogP contribution in [0.4, 0.5) is 5.69 Å². The molecule has 6 heteroatoms. The van der Waals surface area contributed by atoms with Gasteiger partial charge in [0.05, 0.1) is 5.69 Å². The highest BCUT2D eigenvalue weighted by atomic mass is 32.2. The normalized spacial score (nSPS) is 10.7. The maximum absolute atomic E-state index is 10.9. The average Bonchev–Trinajstić information content (AvgIpc) is 2.02. The van der Waals surface area contributed by atoms with Crippen molar-refractivity contribution in [1.82, 2.24) is 0 Å². The highest BCUT2D eigenvalue weighted by Crippen LogP contribution is 2.26. The zero-order valence-corrected chi connectivity index (χ0v) is 8.08.